The van der Waals surface area contributed by atoms with Crippen LogP contribution in [0.1, 0.15) is 31.4 Å². The summed E-state index contributed by atoms with van der Waals surface area (Å²) in [4.78, 5) is 4.62. The van der Waals surface area contributed by atoms with Crippen molar-refractivity contribution in [2.24, 2.45) is 0 Å². The van der Waals surface area contributed by atoms with Crippen LogP contribution >= 0.6 is 11.8 Å². The Kier molecular flexibility index (Phi) is 5.77. The molecule has 27 heavy (non-hydrogen) atoms. The highest BCUT2D eigenvalue weighted by atomic mass is 32.2. The van der Waals surface area contributed by atoms with Crippen molar-refractivity contribution >= 4 is 21.6 Å². The molecule has 6 heteroatoms. The second kappa shape index (κ2) is 7.90. The summed E-state index contributed by atoms with van der Waals surface area (Å²) in [6.45, 7) is 8.02. The fraction of sp³-hybridized carbons (Fsp3) is 0.286. The number of aryl methyl sites for hydroxylation is 2. The molecule has 0 aliphatic rings. The molecule has 0 radical (unpaired) electrons. The Hall–Kier alpha value is -2.05. The number of nitrogens with zero attached hydrogens (tertiary/aromatic N) is 1. The summed E-state index contributed by atoms with van der Waals surface area (Å²) >= 11 is 1.41. The molecule has 0 saturated carbocycles. The van der Waals surface area contributed by atoms with E-state index < -0.39 is 9.84 Å². The van der Waals surface area contributed by atoms with E-state index in [0.717, 1.165) is 23.1 Å². The van der Waals surface area contributed by atoms with E-state index in [9.17, 15) is 8.42 Å². The molecule has 0 aliphatic carbocycles. The molecule has 142 valence electrons. The smallest absolute Gasteiger partial charge is 0.228 e. The number of oxazole rings is 1. The molecule has 1 aromatic heterocycles. The van der Waals surface area contributed by atoms with Crippen molar-refractivity contribution in [1.82, 2.24) is 4.98 Å². The largest absolute Gasteiger partial charge is 0.428 e. The van der Waals surface area contributed by atoms with E-state index in [2.05, 4.69) is 11.9 Å². The van der Waals surface area contributed by atoms with Crippen molar-refractivity contribution in [2.75, 3.05) is 0 Å². The minimum atomic E-state index is -3.76. The number of aromatic nitrogens is 1. The van der Waals surface area contributed by atoms with Crippen molar-refractivity contribution in [3.05, 3.63) is 59.7 Å². The molecule has 4 nitrogen and oxygen atoms in total. The molecule has 0 fully saturated rings. The zero-order chi connectivity index (χ0) is 19.6. The normalized spacial score (nSPS) is 12.9. The van der Waals surface area contributed by atoms with Gasteiger partial charge in [0.05, 0.1) is 4.90 Å². The van der Waals surface area contributed by atoms with E-state index in [1.807, 2.05) is 45.0 Å². The lowest BCUT2D eigenvalue weighted by Gasteiger charge is -2.07. The van der Waals surface area contributed by atoms with Gasteiger partial charge in [0.2, 0.25) is 25.8 Å². The predicted molar refractivity (Wildman–Crippen MR) is 109 cm³/mol. The summed E-state index contributed by atoms with van der Waals surface area (Å²) in [5.41, 5.74) is 2.88. The van der Waals surface area contributed by atoms with Crippen LogP contribution in [0.5, 0.6) is 0 Å². The number of hydrogen-bond donors (Lipinski definition) is 0. The second-order valence-corrected chi connectivity index (χ2v) is 9.91. The van der Waals surface area contributed by atoms with Gasteiger partial charge in [0.1, 0.15) is 0 Å². The Morgan fingerprint density at radius 1 is 1.00 bits per heavy atom. The Morgan fingerprint density at radius 3 is 2.11 bits per heavy atom. The average Bonchev–Trinajstić information content (AvgIpc) is 3.07. The van der Waals surface area contributed by atoms with Gasteiger partial charge in [-0.3, -0.25) is 0 Å². The van der Waals surface area contributed by atoms with Crippen LogP contribution in [0.3, 0.4) is 0 Å². The van der Waals surface area contributed by atoms with E-state index >= 15 is 0 Å². The van der Waals surface area contributed by atoms with Crippen molar-refractivity contribution in [3.63, 3.8) is 0 Å². The standard InChI is InChI=1S/C21H23NO3S2/c1-5-16(4)26-21-20(27(23,24)18-12-8-15(3)9-13-18)22-19(25-21)17-10-6-14(2)7-11-17/h6-13,16H,5H2,1-4H3/t16-/m0/s1. The van der Waals surface area contributed by atoms with Crippen LogP contribution in [0.4, 0.5) is 0 Å². The van der Waals surface area contributed by atoms with Crippen LogP contribution < -0.4 is 0 Å². The minimum absolute atomic E-state index is 0.00720. The van der Waals surface area contributed by atoms with Crippen molar-refractivity contribution in [3.8, 4) is 11.5 Å². The molecule has 0 N–H and O–H groups in total. The highest BCUT2D eigenvalue weighted by Gasteiger charge is 2.29. The SMILES string of the molecule is CC[C@H](C)Sc1oc(-c2ccc(C)cc2)nc1S(=O)(=O)c1ccc(C)cc1. The molecule has 2 aromatic carbocycles. The molecule has 1 heterocycles. The molecular weight excluding hydrogens is 378 g/mol. The van der Waals surface area contributed by atoms with Gasteiger partial charge in [0.15, 0.2) is 0 Å². The van der Waals surface area contributed by atoms with Gasteiger partial charge in [-0.15, -0.1) is 0 Å². The number of rotatable bonds is 6. The van der Waals surface area contributed by atoms with Gasteiger partial charge in [-0.25, -0.2) is 8.42 Å². The third kappa shape index (κ3) is 4.28. The minimum Gasteiger partial charge on any atom is -0.428 e. The summed E-state index contributed by atoms with van der Waals surface area (Å²) in [6, 6.07) is 14.5. The van der Waals surface area contributed by atoms with Gasteiger partial charge in [-0.2, -0.15) is 4.98 Å². The summed E-state index contributed by atoms with van der Waals surface area (Å²) < 4.78 is 32.3. The molecule has 0 amide bonds. The van der Waals surface area contributed by atoms with Crippen LogP contribution in [0.25, 0.3) is 11.5 Å². The molecule has 0 aliphatic heterocycles. The van der Waals surface area contributed by atoms with Gasteiger partial charge in [0.25, 0.3) is 0 Å². The zero-order valence-corrected chi connectivity index (χ0v) is 17.5. The summed E-state index contributed by atoms with van der Waals surface area (Å²) in [5, 5.41) is 0.559. The highest BCUT2D eigenvalue weighted by molar-refractivity contribution is 8.00. The Bertz CT molecular complexity index is 1020. The lowest BCUT2D eigenvalue weighted by Crippen LogP contribution is -2.05. The topological polar surface area (TPSA) is 60.2 Å². The van der Waals surface area contributed by atoms with E-state index in [0.29, 0.717) is 11.0 Å². The number of hydrogen-bond acceptors (Lipinski definition) is 5. The molecular formula is C21H23NO3S2. The van der Waals surface area contributed by atoms with Crippen LogP contribution in [-0.4, -0.2) is 18.7 Å². The van der Waals surface area contributed by atoms with Gasteiger partial charge >= 0.3 is 0 Å². The van der Waals surface area contributed by atoms with E-state index in [1.54, 1.807) is 24.3 Å². The van der Waals surface area contributed by atoms with E-state index in [1.165, 1.54) is 11.8 Å². The summed E-state index contributed by atoms with van der Waals surface area (Å²) in [5.74, 6) is 0.325. The van der Waals surface area contributed by atoms with Crippen LogP contribution in [0, 0.1) is 13.8 Å². The maximum atomic E-state index is 13.2. The molecule has 0 spiro atoms. The average molecular weight is 402 g/mol. The quantitative estimate of drug-likeness (QED) is 0.497. The molecule has 0 saturated heterocycles. The van der Waals surface area contributed by atoms with Gasteiger partial charge in [-0.05, 0) is 44.5 Å². The molecule has 0 unspecified atom stereocenters. The first-order chi connectivity index (χ1) is 12.8. The highest BCUT2D eigenvalue weighted by Crippen LogP contribution is 2.37. The first kappa shape index (κ1) is 19.7. The molecule has 0 bridgehead atoms. The summed E-state index contributed by atoms with van der Waals surface area (Å²) in [7, 11) is -3.76. The Labute approximate surface area is 164 Å². The van der Waals surface area contributed by atoms with Gasteiger partial charge in [0, 0.05) is 10.8 Å². The molecule has 3 rings (SSSR count). The third-order valence-corrected chi connectivity index (χ3v) is 7.37. The predicted octanol–water partition coefficient (Wildman–Crippen LogP) is 5.68. The van der Waals surface area contributed by atoms with Gasteiger partial charge < -0.3 is 4.42 Å². The maximum Gasteiger partial charge on any atom is 0.228 e. The molecule has 3 aromatic rings. The second-order valence-electron chi connectivity index (χ2n) is 6.63. The van der Waals surface area contributed by atoms with Crippen molar-refractivity contribution in [2.45, 2.75) is 54.4 Å². The number of thioether (sulfide) groups is 1. The van der Waals surface area contributed by atoms with Crippen LogP contribution in [0.2, 0.25) is 0 Å². The monoisotopic (exact) mass is 401 g/mol. The number of benzene rings is 2. The lowest BCUT2D eigenvalue weighted by atomic mass is 10.1. The first-order valence-electron chi connectivity index (χ1n) is 8.87. The maximum absolute atomic E-state index is 13.2. The fourth-order valence-electron chi connectivity index (χ4n) is 2.45. The zero-order valence-electron chi connectivity index (χ0n) is 15.9. The van der Waals surface area contributed by atoms with Gasteiger partial charge in [-0.1, -0.05) is 61.0 Å². The Balaban J connectivity index is 2.11. The summed E-state index contributed by atoms with van der Waals surface area (Å²) in [6.07, 6.45) is 0.898. The van der Waals surface area contributed by atoms with E-state index in [4.69, 9.17) is 4.42 Å². The van der Waals surface area contributed by atoms with Crippen molar-refractivity contribution < 1.29 is 12.8 Å². The van der Waals surface area contributed by atoms with Crippen LogP contribution in [0.15, 0.2) is 68.0 Å². The molecule has 1 atom stereocenters. The number of sulfone groups is 1. The lowest BCUT2D eigenvalue weighted by molar-refractivity contribution is 0.469. The Morgan fingerprint density at radius 2 is 1.56 bits per heavy atom. The van der Waals surface area contributed by atoms with Crippen molar-refractivity contribution in [1.29, 1.82) is 0 Å². The fourth-order valence-corrected chi connectivity index (χ4v) is 4.91. The first-order valence-corrected chi connectivity index (χ1v) is 11.2. The van der Waals surface area contributed by atoms with E-state index in [-0.39, 0.29) is 15.2 Å². The third-order valence-electron chi connectivity index (χ3n) is 4.33. The van der Waals surface area contributed by atoms with Crippen LogP contribution in [-0.2, 0) is 9.84 Å².